The number of hydrogen-bond acceptors (Lipinski definition) is 4. The highest BCUT2D eigenvalue weighted by Gasteiger charge is 2.15. The first-order chi connectivity index (χ1) is 10.7. The average Bonchev–Trinajstić information content (AvgIpc) is 2.56. The Morgan fingerprint density at radius 2 is 1.77 bits per heavy atom. The lowest BCUT2D eigenvalue weighted by atomic mass is 10.1. The number of piperazine rings is 1. The molecule has 0 radical (unpaired) electrons. The molecule has 2 aromatic carbocycles. The number of carbonyl (C=O) groups is 1. The Labute approximate surface area is 131 Å². The molecule has 1 fully saturated rings. The summed E-state index contributed by atoms with van der Waals surface area (Å²) in [4.78, 5) is 17.0. The molecule has 0 amide bonds. The van der Waals surface area contributed by atoms with Crippen molar-refractivity contribution in [1.82, 2.24) is 9.80 Å². The van der Waals surface area contributed by atoms with Gasteiger partial charge in [-0.3, -0.25) is 4.90 Å². The third-order valence-corrected chi connectivity index (χ3v) is 4.25. The van der Waals surface area contributed by atoms with Crippen molar-refractivity contribution in [3.8, 4) is 0 Å². The van der Waals surface area contributed by atoms with Crippen molar-refractivity contribution in [3.63, 3.8) is 0 Å². The maximum Gasteiger partial charge on any atom is 0.338 e. The second-order valence-corrected chi connectivity index (χ2v) is 5.81. The van der Waals surface area contributed by atoms with Gasteiger partial charge in [0.1, 0.15) is 6.61 Å². The fourth-order valence-corrected chi connectivity index (χ4v) is 2.82. The van der Waals surface area contributed by atoms with Crippen LogP contribution in [0.2, 0.25) is 0 Å². The van der Waals surface area contributed by atoms with Gasteiger partial charge >= 0.3 is 5.97 Å². The summed E-state index contributed by atoms with van der Waals surface area (Å²) in [5.41, 5.74) is 0.650. The number of rotatable bonds is 4. The van der Waals surface area contributed by atoms with Crippen LogP contribution in [0.3, 0.4) is 0 Å². The van der Waals surface area contributed by atoms with Crippen molar-refractivity contribution in [3.05, 3.63) is 48.0 Å². The molecule has 3 rings (SSSR count). The Bertz CT molecular complexity index is 643. The molecule has 0 bridgehead atoms. The standard InChI is InChI=1S/C18H22N2O2/c1-19-9-11-20(12-10-19)13-14-22-18(21)17-8-4-6-15-5-2-3-7-16(15)17/h2-8H,9-14H2,1H3. The number of ether oxygens (including phenoxy) is 1. The number of likely N-dealkylation sites (N-methyl/N-ethyl adjacent to an activating group) is 1. The maximum absolute atomic E-state index is 12.3. The first-order valence-corrected chi connectivity index (χ1v) is 7.80. The van der Waals surface area contributed by atoms with E-state index >= 15 is 0 Å². The van der Waals surface area contributed by atoms with Crippen LogP contribution < -0.4 is 0 Å². The molecule has 0 aromatic heterocycles. The topological polar surface area (TPSA) is 32.8 Å². The number of benzene rings is 2. The maximum atomic E-state index is 12.3. The monoisotopic (exact) mass is 298 g/mol. The van der Waals surface area contributed by atoms with Gasteiger partial charge < -0.3 is 9.64 Å². The zero-order valence-electron chi connectivity index (χ0n) is 13.0. The summed E-state index contributed by atoms with van der Waals surface area (Å²) in [5, 5.41) is 2.02. The summed E-state index contributed by atoms with van der Waals surface area (Å²) >= 11 is 0. The summed E-state index contributed by atoms with van der Waals surface area (Å²) in [6.45, 7) is 5.51. The zero-order valence-corrected chi connectivity index (χ0v) is 13.0. The lowest BCUT2D eigenvalue weighted by molar-refractivity contribution is 0.0434. The van der Waals surface area contributed by atoms with Crippen LogP contribution in [0.15, 0.2) is 42.5 Å². The lowest BCUT2D eigenvalue weighted by Gasteiger charge is -2.32. The van der Waals surface area contributed by atoms with Crippen LogP contribution in [0, 0.1) is 0 Å². The van der Waals surface area contributed by atoms with E-state index < -0.39 is 0 Å². The Kier molecular flexibility index (Phi) is 4.71. The third-order valence-electron chi connectivity index (χ3n) is 4.25. The van der Waals surface area contributed by atoms with Crippen LogP contribution in [0.4, 0.5) is 0 Å². The summed E-state index contributed by atoms with van der Waals surface area (Å²) in [6.07, 6.45) is 0. The Morgan fingerprint density at radius 1 is 1.05 bits per heavy atom. The van der Waals surface area contributed by atoms with Crippen molar-refractivity contribution in [2.24, 2.45) is 0 Å². The zero-order chi connectivity index (χ0) is 15.4. The van der Waals surface area contributed by atoms with Gasteiger partial charge in [0.2, 0.25) is 0 Å². The van der Waals surface area contributed by atoms with Crippen LogP contribution in [-0.2, 0) is 4.74 Å². The third kappa shape index (κ3) is 3.46. The van der Waals surface area contributed by atoms with E-state index in [1.54, 1.807) is 0 Å². The molecular formula is C18H22N2O2. The molecule has 0 N–H and O–H groups in total. The summed E-state index contributed by atoms with van der Waals surface area (Å²) in [5.74, 6) is -0.231. The van der Waals surface area contributed by atoms with E-state index in [0.717, 1.165) is 43.5 Å². The van der Waals surface area contributed by atoms with Gasteiger partial charge in [0.15, 0.2) is 0 Å². The molecule has 22 heavy (non-hydrogen) atoms. The minimum absolute atomic E-state index is 0.231. The smallest absolute Gasteiger partial charge is 0.338 e. The molecule has 1 heterocycles. The van der Waals surface area contributed by atoms with Crippen LogP contribution in [0.25, 0.3) is 10.8 Å². The van der Waals surface area contributed by atoms with E-state index in [9.17, 15) is 4.79 Å². The molecule has 1 saturated heterocycles. The van der Waals surface area contributed by atoms with Crippen LogP contribution >= 0.6 is 0 Å². The second kappa shape index (κ2) is 6.90. The van der Waals surface area contributed by atoms with Gasteiger partial charge in [0.25, 0.3) is 0 Å². The molecule has 2 aromatic rings. The number of fused-ring (bicyclic) bond motifs is 1. The molecule has 0 unspecified atom stereocenters. The molecule has 4 nitrogen and oxygen atoms in total. The van der Waals surface area contributed by atoms with Gasteiger partial charge in [-0.15, -0.1) is 0 Å². The van der Waals surface area contributed by atoms with Gasteiger partial charge in [0, 0.05) is 32.7 Å². The molecule has 0 atom stereocenters. The summed E-state index contributed by atoms with van der Waals surface area (Å²) < 4.78 is 5.47. The Morgan fingerprint density at radius 3 is 2.59 bits per heavy atom. The first-order valence-electron chi connectivity index (χ1n) is 7.80. The Balaban J connectivity index is 1.57. The van der Waals surface area contributed by atoms with Gasteiger partial charge in [-0.2, -0.15) is 0 Å². The molecule has 116 valence electrons. The highest BCUT2D eigenvalue weighted by molar-refractivity contribution is 6.04. The van der Waals surface area contributed by atoms with Gasteiger partial charge in [-0.25, -0.2) is 4.79 Å². The molecule has 0 aliphatic carbocycles. The van der Waals surface area contributed by atoms with Gasteiger partial charge in [0.05, 0.1) is 5.56 Å². The molecule has 4 heteroatoms. The first kappa shape index (κ1) is 15.0. The van der Waals surface area contributed by atoms with E-state index in [2.05, 4.69) is 16.8 Å². The van der Waals surface area contributed by atoms with E-state index in [1.807, 2.05) is 42.5 Å². The van der Waals surface area contributed by atoms with Gasteiger partial charge in [-0.1, -0.05) is 36.4 Å². The minimum atomic E-state index is -0.231. The number of esters is 1. The minimum Gasteiger partial charge on any atom is -0.461 e. The fourth-order valence-electron chi connectivity index (χ4n) is 2.82. The number of hydrogen-bond donors (Lipinski definition) is 0. The highest BCUT2D eigenvalue weighted by atomic mass is 16.5. The average molecular weight is 298 g/mol. The largest absolute Gasteiger partial charge is 0.461 e. The van der Waals surface area contributed by atoms with Crippen molar-refractivity contribution in [2.75, 3.05) is 46.4 Å². The van der Waals surface area contributed by atoms with Gasteiger partial charge in [-0.05, 0) is 23.9 Å². The predicted molar refractivity (Wildman–Crippen MR) is 88.2 cm³/mol. The molecule has 0 spiro atoms. The lowest BCUT2D eigenvalue weighted by Crippen LogP contribution is -2.45. The van der Waals surface area contributed by atoms with E-state index in [1.165, 1.54) is 0 Å². The SMILES string of the molecule is CN1CCN(CCOC(=O)c2cccc3ccccc23)CC1. The summed E-state index contributed by atoms with van der Waals surface area (Å²) in [6, 6.07) is 13.6. The fraction of sp³-hybridized carbons (Fsp3) is 0.389. The number of nitrogens with zero attached hydrogens (tertiary/aromatic N) is 2. The van der Waals surface area contributed by atoms with Crippen molar-refractivity contribution in [1.29, 1.82) is 0 Å². The van der Waals surface area contributed by atoms with E-state index in [-0.39, 0.29) is 5.97 Å². The molecule has 1 aliphatic rings. The normalized spacial score (nSPS) is 16.8. The van der Waals surface area contributed by atoms with Crippen LogP contribution in [0.5, 0.6) is 0 Å². The highest BCUT2D eigenvalue weighted by Crippen LogP contribution is 2.19. The van der Waals surface area contributed by atoms with Crippen LogP contribution in [0.1, 0.15) is 10.4 Å². The van der Waals surface area contributed by atoms with Crippen molar-refractivity contribution >= 4 is 16.7 Å². The van der Waals surface area contributed by atoms with Crippen molar-refractivity contribution in [2.45, 2.75) is 0 Å². The Hall–Kier alpha value is -1.91. The summed E-state index contributed by atoms with van der Waals surface area (Å²) in [7, 11) is 2.14. The predicted octanol–water partition coefficient (Wildman–Crippen LogP) is 2.24. The number of carbonyl (C=O) groups excluding carboxylic acids is 1. The van der Waals surface area contributed by atoms with E-state index in [0.29, 0.717) is 12.2 Å². The molecular weight excluding hydrogens is 276 g/mol. The second-order valence-electron chi connectivity index (χ2n) is 5.81. The van der Waals surface area contributed by atoms with Crippen molar-refractivity contribution < 1.29 is 9.53 Å². The molecule has 0 saturated carbocycles. The quantitative estimate of drug-likeness (QED) is 0.811. The van der Waals surface area contributed by atoms with Crippen LogP contribution in [-0.4, -0.2) is 62.1 Å². The van der Waals surface area contributed by atoms with E-state index in [4.69, 9.17) is 4.74 Å². The molecule has 1 aliphatic heterocycles.